The number of H-pyrrole nitrogens is 1. The maximum atomic E-state index is 14.0. The van der Waals surface area contributed by atoms with Crippen molar-refractivity contribution < 1.29 is 23.1 Å². The van der Waals surface area contributed by atoms with E-state index in [1.807, 2.05) is 5.01 Å². The molecule has 1 aromatic carbocycles. The lowest BCUT2D eigenvalue weighted by Gasteiger charge is -2.31. The second-order valence-corrected chi connectivity index (χ2v) is 9.79. The van der Waals surface area contributed by atoms with E-state index in [2.05, 4.69) is 10.4 Å². The smallest absolute Gasteiger partial charge is 0.271 e. The molecule has 3 aliphatic heterocycles. The van der Waals surface area contributed by atoms with Gasteiger partial charge in [0.15, 0.2) is 0 Å². The molecule has 2 aromatic rings. The molecule has 2 amide bonds. The number of halogens is 2. The van der Waals surface area contributed by atoms with Crippen molar-refractivity contribution in [2.24, 2.45) is 5.92 Å². The summed E-state index contributed by atoms with van der Waals surface area (Å²) in [6, 6.07) is 6.18. The zero-order chi connectivity index (χ0) is 23.2. The minimum Gasteiger partial charge on any atom is -0.381 e. The number of hydrogen-bond donors (Lipinski definition) is 2. The fraction of sp³-hybridized carbons (Fsp3) is 0.478. The standard InChI is InChI=1S/C23H26F2N4O3S/c1-23(24,25)16-3-2-4-17-15(16)11-18(26-17)22(31)28-8-5-19-20(12-28)33-13-29(19)27-21(30)14-6-9-32-10-7-14/h2-4,11,14,26H,5-10,12-13H2,1H3,(H,27,30). The predicted molar refractivity (Wildman–Crippen MR) is 121 cm³/mol. The van der Waals surface area contributed by atoms with Crippen LogP contribution in [0.4, 0.5) is 8.78 Å². The number of amides is 2. The van der Waals surface area contributed by atoms with Crippen LogP contribution in [0.15, 0.2) is 34.9 Å². The zero-order valence-electron chi connectivity index (χ0n) is 18.3. The van der Waals surface area contributed by atoms with Gasteiger partial charge in [0.2, 0.25) is 5.91 Å². The second kappa shape index (κ2) is 8.64. The highest BCUT2D eigenvalue weighted by Crippen LogP contribution is 2.37. The zero-order valence-corrected chi connectivity index (χ0v) is 19.1. The number of ether oxygens (including phenoxy) is 1. The Kier molecular flexibility index (Phi) is 5.82. The number of alkyl halides is 2. The van der Waals surface area contributed by atoms with E-state index in [4.69, 9.17) is 4.74 Å². The summed E-state index contributed by atoms with van der Waals surface area (Å²) in [5, 5.41) is 2.26. The van der Waals surface area contributed by atoms with Gasteiger partial charge in [0, 0.05) is 66.1 Å². The largest absolute Gasteiger partial charge is 0.381 e. The Balaban J connectivity index is 1.29. The van der Waals surface area contributed by atoms with Crippen molar-refractivity contribution in [2.75, 3.05) is 32.2 Å². The Morgan fingerprint density at radius 3 is 2.82 bits per heavy atom. The van der Waals surface area contributed by atoms with E-state index < -0.39 is 5.92 Å². The molecule has 0 bridgehead atoms. The van der Waals surface area contributed by atoms with Crippen LogP contribution >= 0.6 is 11.8 Å². The van der Waals surface area contributed by atoms with Gasteiger partial charge in [0.1, 0.15) is 5.69 Å². The van der Waals surface area contributed by atoms with Crippen LogP contribution in [0.2, 0.25) is 0 Å². The molecule has 33 heavy (non-hydrogen) atoms. The highest BCUT2D eigenvalue weighted by molar-refractivity contribution is 8.03. The molecule has 0 aliphatic carbocycles. The average Bonchev–Trinajstić information content (AvgIpc) is 3.42. The van der Waals surface area contributed by atoms with Crippen molar-refractivity contribution in [1.82, 2.24) is 20.3 Å². The molecule has 3 aliphatic rings. The molecule has 1 aromatic heterocycles. The highest BCUT2D eigenvalue weighted by Gasteiger charge is 2.34. The molecule has 0 saturated carbocycles. The predicted octanol–water partition coefficient (Wildman–Crippen LogP) is 3.80. The third-order valence-corrected chi connectivity index (χ3v) is 7.56. The molecular formula is C23H26F2N4O3S. The van der Waals surface area contributed by atoms with Gasteiger partial charge in [-0.2, -0.15) is 0 Å². The van der Waals surface area contributed by atoms with Crippen LogP contribution in [0.5, 0.6) is 0 Å². The molecule has 4 heterocycles. The van der Waals surface area contributed by atoms with Crippen LogP contribution in [0.25, 0.3) is 10.9 Å². The number of carbonyl (C=O) groups excluding carboxylic acids is 2. The van der Waals surface area contributed by atoms with Crippen molar-refractivity contribution in [1.29, 1.82) is 0 Å². The van der Waals surface area contributed by atoms with Crippen LogP contribution in [-0.4, -0.2) is 58.9 Å². The molecular weight excluding hydrogens is 450 g/mol. The second-order valence-electron chi connectivity index (χ2n) is 8.75. The topological polar surface area (TPSA) is 77.7 Å². The molecule has 1 saturated heterocycles. The minimum atomic E-state index is -2.99. The lowest BCUT2D eigenvalue weighted by atomic mass is 10.00. The molecule has 0 unspecified atom stereocenters. The SMILES string of the molecule is CC(F)(F)c1cccc2[nH]c(C(=O)N3CCC4=C(C3)SCN4NC(=O)C3CCOCC3)cc12. The van der Waals surface area contributed by atoms with E-state index >= 15 is 0 Å². The van der Waals surface area contributed by atoms with E-state index in [0.717, 1.165) is 30.4 Å². The Labute approximate surface area is 194 Å². The third kappa shape index (κ3) is 4.33. The van der Waals surface area contributed by atoms with Crippen LogP contribution in [0, 0.1) is 5.92 Å². The van der Waals surface area contributed by atoms with Crippen LogP contribution < -0.4 is 5.43 Å². The van der Waals surface area contributed by atoms with Gasteiger partial charge in [-0.15, -0.1) is 11.8 Å². The number of rotatable bonds is 4. The van der Waals surface area contributed by atoms with E-state index in [0.29, 0.717) is 55.2 Å². The number of aromatic amines is 1. The third-order valence-electron chi connectivity index (χ3n) is 6.46. The summed E-state index contributed by atoms with van der Waals surface area (Å²) < 4.78 is 33.3. The number of hydrogen-bond acceptors (Lipinski definition) is 5. The van der Waals surface area contributed by atoms with Gasteiger partial charge in [0.05, 0.1) is 12.4 Å². The Morgan fingerprint density at radius 2 is 2.06 bits per heavy atom. The Hall–Kier alpha value is -2.59. The van der Waals surface area contributed by atoms with Crippen LogP contribution in [-0.2, 0) is 15.5 Å². The highest BCUT2D eigenvalue weighted by atomic mass is 32.2. The number of nitrogens with zero attached hydrogens (tertiary/aromatic N) is 2. The molecule has 5 rings (SSSR count). The Bertz CT molecular complexity index is 1120. The van der Waals surface area contributed by atoms with Crippen molar-refractivity contribution in [3.63, 3.8) is 0 Å². The number of carbonyl (C=O) groups is 2. The first-order chi connectivity index (χ1) is 15.8. The molecule has 1 fully saturated rings. The molecule has 7 nitrogen and oxygen atoms in total. The lowest BCUT2D eigenvalue weighted by molar-refractivity contribution is -0.131. The van der Waals surface area contributed by atoms with Crippen molar-refractivity contribution >= 4 is 34.5 Å². The lowest BCUT2D eigenvalue weighted by Crippen LogP contribution is -2.45. The summed E-state index contributed by atoms with van der Waals surface area (Å²) in [7, 11) is 0. The molecule has 176 valence electrons. The van der Waals surface area contributed by atoms with Gasteiger partial charge in [-0.1, -0.05) is 12.1 Å². The average molecular weight is 477 g/mol. The number of benzene rings is 1. The van der Waals surface area contributed by atoms with Crippen molar-refractivity contribution in [3.05, 3.63) is 46.1 Å². The van der Waals surface area contributed by atoms with Gasteiger partial charge in [-0.25, -0.2) is 8.78 Å². The number of hydrazine groups is 1. The van der Waals surface area contributed by atoms with E-state index in [9.17, 15) is 18.4 Å². The van der Waals surface area contributed by atoms with Crippen molar-refractivity contribution in [2.45, 2.75) is 32.1 Å². The first kappa shape index (κ1) is 22.2. The minimum absolute atomic E-state index is 0.0211. The molecule has 0 atom stereocenters. The summed E-state index contributed by atoms with van der Waals surface area (Å²) in [5.41, 5.74) is 4.82. The van der Waals surface area contributed by atoms with Crippen molar-refractivity contribution in [3.8, 4) is 0 Å². The first-order valence-corrected chi connectivity index (χ1v) is 12.1. The summed E-state index contributed by atoms with van der Waals surface area (Å²) >= 11 is 1.61. The number of nitrogens with one attached hydrogen (secondary N) is 2. The molecule has 2 N–H and O–H groups in total. The van der Waals surface area contributed by atoms with E-state index in [-0.39, 0.29) is 23.3 Å². The fourth-order valence-corrected chi connectivity index (χ4v) is 5.77. The maximum Gasteiger partial charge on any atom is 0.271 e. The monoisotopic (exact) mass is 476 g/mol. The van der Waals surface area contributed by atoms with Gasteiger partial charge >= 0.3 is 0 Å². The van der Waals surface area contributed by atoms with E-state index in [1.165, 1.54) is 12.1 Å². The van der Waals surface area contributed by atoms with Crippen LogP contribution in [0.1, 0.15) is 42.2 Å². The Morgan fingerprint density at radius 1 is 1.27 bits per heavy atom. The fourth-order valence-electron chi connectivity index (χ4n) is 4.64. The van der Waals surface area contributed by atoms with Gasteiger partial charge in [-0.3, -0.25) is 20.0 Å². The molecule has 0 spiro atoms. The summed E-state index contributed by atoms with van der Waals surface area (Å²) in [5.74, 6) is -2.60. The summed E-state index contributed by atoms with van der Waals surface area (Å²) in [6.07, 6.45) is 2.09. The van der Waals surface area contributed by atoms with Gasteiger partial charge in [0.25, 0.3) is 11.8 Å². The van der Waals surface area contributed by atoms with Gasteiger partial charge < -0.3 is 14.6 Å². The number of fused-ring (bicyclic) bond motifs is 1. The van der Waals surface area contributed by atoms with Crippen LogP contribution in [0.3, 0.4) is 0 Å². The first-order valence-electron chi connectivity index (χ1n) is 11.1. The van der Waals surface area contributed by atoms with Gasteiger partial charge in [-0.05, 0) is 25.0 Å². The molecule has 0 radical (unpaired) electrons. The van der Waals surface area contributed by atoms with E-state index in [1.54, 1.807) is 28.8 Å². The maximum absolute atomic E-state index is 14.0. The number of thioether (sulfide) groups is 1. The summed E-state index contributed by atoms with van der Waals surface area (Å²) in [4.78, 5) is 31.6. The quantitative estimate of drug-likeness (QED) is 0.702. The normalized spacial score (nSPS) is 19.8. The molecule has 10 heteroatoms. The summed E-state index contributed by atoms with van der Waals surface area (Å²) in [6.45, 7) is 3.02. The number of aromatic nitrogens is 1.